The molecule has 5 aromatic rings. The van der Waals surface area contributed by atoms with E-state index in [0.717, 1.165) is 22.3 Å². The predicted octanol–water partition coefficient (Wildman–Crippen LogP) is 10.8. The Hall–Kier alpha value is -6.79. The summed E-state index contributed by atoms with van der Waals surface area (Å²) in [6.07, 6.45) is -0.0743. The highest BCUT2D eigenvalue weighted by atomic mass is 28.4. The minimum absolute atomic E-state index is 0.000645. The van der Waals surface area contributed by atoms with Crippen molar-refractivity contribution in [1.82, 2.24) is 0 Å². The molecular weight excluding hydrogens is 850 g/mol. The molecular formula is C55H56FNO8Si. The Morgan fingerprint density at radius 3 is 1.79 bits per heavy atom. The first-order valence-corrected chi connectivity index (χ1v) is 25.0. The van der Waals surface area contributed by atoms with Gasteiger partial charge in [-0.25, -0.2) is 4.39 Å². The number of esters is 3. The van der Waals surface area contributed by atoms with Crippen LogP contribution in [0.15, 0.2) is 133 Å². The summed E-state index contributed by atoms with van der Waals surface area (Å²) in [6, 6.07) is 38.9. The highest BCUT2D eigenvalue weighted by molar-refractivity contribution is 6.74. The third-order valence-electron chi connectivity index (χ3n) is 12.0. The van der Waals surface area contributed by atoms with E-state index in [1.807, 2.05) is 109 Å². The summed E-state index contributed by atoms with van der Waals surface area (Å²) < 4.78 is 36.8. The molecule has 0 N–H and O–H groups in total. The number of carbonyl (C=O) groups excluding carboxylic acids is 4. The first kappa shape index (κ1) is 48.7. The molecule has 1 fully saturated rings. The number of nitrogens with zero attached hydrogens (tertiary/aromatic N) is 1. The number of amides is 1. The van der Waals surface area contributed by atoms with Crippen LogP contribution in [0.1, 0.15) is 92.5 Å². The SMILES string of the molecule is CC(=O)O[C@@H](CC[C@H]1C(=O)N(c2ccc(C#CCO[Si](C)(C)C(C)(C)C)cc2)[C@@H]1c1ccc(C#CCC(C(=O)OCc2ccccc2)C(=O)OCc2ccccc2)cc1)c1ccc(F)cc1. The van der Waals surface area contributed by atoms with Crippen molar-refractivity contribution in [2.24, 2.45) is 11.8 Å². The van der Waals surface area contributed by atoms with Gasteiger partial charge in [-0.3, -0.25) is 19.2 Å². The number of ether oxygens (including phenoxy) is 3. The summed E-state index contributed by atoms with van der Waals surface area (Å²) in [7, 11) is -1.94. The Morgan fingerprint density at radius 2 is 1.26 bits per heavy atom. The van der Waals surface area contributed by atoms with Crippen molar-refractivity contribution in [3.63, 3.8) is 0 Å². The van der Waals surface area contributed by atoms with Crippen LogP contribution in [0.25, 0.3) is 0 Å². The lowest BCUT2D eigenvalue weighted by Crippen LogP contribution is -2.55. The van der Waals surface area contributed by atoms with E-state index in [-0.39, 0.29) is 36.6 Å². The lowest BCUT2D eigenvalue weighted by atomic mass is 9.78. The molecule has 0 aliphatic carbocycles. The van der Waals surface area contributed by atoms with Crippen LogP contribution >= 0.6 is 0 Å². The third-order valence-corrected chi connectivity index (χ3v) is 16.5. The van der Waals surface area contributed by atoms with Gasteiger partial charge >= 0.3 is 17.9 Å². The molecule has 9 nitrogen and oxygen atoms in total. The summed E-state index contributed by atoms with van der Waals surface area (Å²) in [4.78, 5) is 54.6. The topological polar surface area (TPSA) is 108 Å². The molecule has 3 atom stereocenters. The van der Waals surface area contributed by atoms with Crippen LogP contribution in [-0.2, 0) is 51.0 Å². The fourth-order valence-corrected chi connectivity index (χ4v) is 8.08. The van der Waals surface area contributed by atoms with Gasteiger partial charge in [-0.2, -0.15) is 0 Å². The average molecular weight is 906 g/mol. The van der Waals surface area contributed by atoms with Crippen molar-refractivity contribution < 1.29 is 42.2 Å². The molecule has 6 rings (SSSR count). The van der Waals surface area contributed by atoms with Crippen LogP contribution in [0.3, 0.4) is 0 Å². The van der Waals surface area contributed by atoms with Crippen LogP contribution < -0.4 is 4.90 Å². The molecule has 11 heteroatoms. The molecule has 0 unspecified atom stereocenters. The molecule has 1 aliphatic rings. The molecule has 340 valence electrons. The van der Waals surface area contributed by atoms with E-state index in [2.05, 4.69) is 57.5 Å². The van der Waals surface area contributed by atoms with Crippen molar-refractivity contribution >= 4 is 37.8 Å². The number of β-lactam (4-membered cyclic amide) rings is 1. The normalized spacial score (nSPS) is 15.0. The Bertz CT molecular complexity index is 2510. The molecule has 66 heavy (non-hydrogen) atoms. The van der Waals surface area contributed by atoms with Crippen LogP contribution in [0.4, 0.5) is 10.1 Å². The van der Waals surface area contributed by atoms with Gasteiger partial charge in [0.2, 0.25) is 5.91 Å². The van der Waals surface area contributed by atoms with Crippen LogP contribution in [-0.4, -0.2) is 38.7 Å². The van der Waals surface area contributed by atoms with E-state index < -0.39 is 50.0 Å². The number of carbonyl (C=O) groups is 4. The second-order valence-electron chi connectivity index (χ2n) is 17.8. The van der Waals surface area contributed by atoms with Gasteiger partial charge in [0.25, 0.3) is 0 Å². The van der Waals surface area contributed by atoms with E-state index >= 15 is 0 Å². The van der Waals surface area contributed by atoms with Crippen molar-refractivity contribution in [2.75, 3.05) is 11.5 Å². The molecule has 0 aromatic heterocycles. The van der Waals surface area contributed by atoms with Gasteiger partial charge < -0.3 is 23.5 Å². The summed E-state index contributed by atoms with van der Waals surface area (Å²) >= 11 is 0. The van der Waals surface area contributed by atoms with Crippen molar-refractivity contribution in [3.05, 3.63) is 173 Å². The van der Waals surface area contributed by atoms with Crippen LogP contribution in [0.2, 0.25) is 18.1 Å². The lowest BCUT2D eigenvalue weighted by molar-refractivity contribution is -0.163. The first-order chi connectivity index (χ1) is 31.6. The monoisotopic (exact) mass is 905 g/mol. The van der Waals surface area contributed by atoms with Crippen molar-refractivity contribution in [2.45, 2.75) is 90.4 Å². The summed E-state index contributed by atoms with van der Waals surface area (Å²) in [5, 5.41) is 0.0781. The largest absolute Gasteiger partial charge is 0.460 e. The second-order valence-corrected chi connectivity index (χ2v) is 22.6. The number of benzene rings is 5. The quantitative estimate of drug-likeness (QED) is 0.0241. The van der Waals surface area contributed by atoms with Gasteiger partial charge in [0.15, 0.2) is 14.2 Å². The molecule has 1 saturated heterocycles. The smallest absolute Gasteiger partial charge is 0.321 e. The Balaban J connectivity index is 1.20. The predicted molar refractivity (Wildman–Crippen MR) is 254 cm³/mol. The number of halogens is 1. The van der Waals surface area contributed by atoms with Gasteiger partial charge in [0, 0.05) is 30.2 Å². The van der Waals surface area contributed by atoms with E-state index in [1.165, 1.54) is 19.1 Å². The van der Waals surface area contributed by atoms with Gasteiger partial charge in [0.1, 0.15) is 25.1 Å². The number of hydrogen-bond acceptors (Lipinski definition) is 8. The van der Waals surface area contributed by atoms with Crippen molar-refractivity contribution in [1.29, 1.82) is 0 Å². The molecule has 1 heterocycles. The molecule has 1 aliphatic heterocycles. The Labute approximate surface area is 388 Å². The standard InChI is InChI=1S/C55H56FNO8Si/c1-39(58)65-50(44-28-30-46(56)31-29-44)35-34-48-51(57(52(48)59)47-32-24-41(25-33-47)20-14-36-64-66(5,6)55(2,3)4)45-26-22-40(23-27-45)19-13-21-49(53(60)62-37-42-15-9-7-10-16-42)54(61)63-38-43-17-11-8-12-18-43/h7-12,15-18,22-33,48-51H,21,34-38H2,1-6H3/t48-,50+,51-/m1/s1. The Kier molecular flexibility index (Phi) is 16.5. The average Bonchev–Trinajstić information content (AvgIpc) is 3.30. The summed E-state index contributed by atoms with van der Waals surface area (Å²) in [6.45, 7) is 12.6. The van der Waals surface area contributed by atoms with E-state index in [9.17, 15) is 23.6 Å². The highest BCUT2D eigenvalue weighted by Gasteiger charge is 2.48. The fraction of sp³-hybridized carbons (Fsp3) is 0.309. The number of rotatable bonds is 16. The maximum Gasteiger partial charge on any atom is 0.321 e. The van der Waals surface area contributed by atoms with E-state index in [1.54, 1.807) is 17.0 Å². The highest BCUT2D eigenvalue weighted by Crippen LogP contribution is 2.47. The van der Waals surface area contributed by atoms with E-state index in [0.29, 0.717) is 36.3 Å². The summed E-state index contributed by atoms with van der Waals surface area (Å²) in [5.41, 5.74) is 5.18. The first-order valence-electron chi connectivity index (χ1n) is 22.1. The number of hydrogen-bond donors (Lipinski definition) is 0. The Morgan fingerprint density at radius 1 is 0.727 bits per heavy atom. The molecule has 5 aromatic carbocycles. The minimum Gasteiger partial charge on any atom is -0.460 e. The fourth-order valence-electron chi connectivity index (χ4n) is 7.22. The van der Waals surface area contributed by atoms with Gasteiger partial charge in [-0.15, -0.1) is 0 Å². The van der Waals surface area contributed by atoms with Crippen LogP contribution in [0, 0.1) is 41.3 Å². The van der Waals surface area contributed by atoms with E-state index in [4.69, 9.17) is 18.6 Å². The second kappa shape index (κ2) is 22.4. The van der Waals surface area contributed by atoms with Crippen LogP contribution in [0.5, 0.6) is 0 Å². The molecule has 0 bridgehead atoms. The zero-order valence-corrected chi connectivity index (χ0v) is 39.3. The van der Waals surface area contributed by atoms with Gasteiger partial charge in [0.05, 0.1) is 18.6 Å². The molecule has 0 saturated carbocycles. The maximum atomic E-state index is 14.1. The van der Waals surface area contributed by atoms with Crippen molar-refractivity contribution in [3.8, 4) is 23.7 Å². The minimum atomic E-state index is -1.94. The zero-order chi connectivity index (χ0) is 47.3. The third kappa shape index (κ3) is 13.2. The molecule has 1 amide bonds. The maximum absolute atomic E-state index is 14.1. The lowest BCUT2D eigenvalue weighted by Gasteiger charge is -2.48. The zero-order valence-electron chi connectivity index (χ0n) is 38.3. The molecule has 0 radical (unpaired) electrons. The number of anilines is 1. The van der Waals surface area contributed by atoms with Gasteiger partial charge in [-0.1, -0.05) is 129 Å². The summed E-state index contributed by atoms with van der Waals surface area (Å²) in [5.74, 6) is 8.25. The van der Waals surface area contributed by atoms with Gasteiger partial charge in [-0.05, 0) is 102 Å². The molecule has 0 spiro atoms.